The Bertz CT molecular complexity index is 141. The van der Waals surface area contributed by atoms with Gasteiger partial charge in [-0.25, -0.2) is 0 Å². The lowest BCUT2D eigenvalue weighted by atomic mass is 10.1. The molecule has 0 saturated heterocycles. The molecule has 0 amide bonds. The van der Waals surface area contributed by atoms with Gasteiger partial charge in [0, 0.05) is 6.54 Å². The molecule has 1 saturated carbocycles. The van der Waals surface area contributed by atoms with Crippen molar-refractivity contribution in [3.8, 4) is 0 Å². The van der Waals surface area contributed by atoms with Crippen molar-refractivity contribution in [3.63, 3.8) is 0 Å². The summed E-state index contributed by atoms with van der Waals surface area (Å²) in [6, 6.07) is 0. The lowest BCUT2D eigenvalue weighted by Gasteiger charge is -2.13. The molecule has 13 heavy (non-hydrogen) atoms. The van der Waals surface area contributed by atoms with Gasteiger partial charge in [-0.2, -0.15) is 0 Å². The van der Waals surface area contributed by atoms with Gasteiger partial charge in [0.05, 0.1) is 12.7 Å². The van der Waals surface area contributed by atoms with Gasteiger partial charge in [-0.1, -0.05) is 13.3 Å². The van der Waals surface area contributed by atoms with Crippen LogP contribution in [0.15, 0.2) is 0 Å². The SMILES string of the molecule is CC1CCC(CNCC(O)CO)C1. The van der Waals surface area contributed by atoms with Crippen LogP contribution < -0.4 is 5.32 Å². The van der Waals surface area contributed by atoms with Crippen molar-refractivity contribution >= 4 is 0 Å². The highest BCUT2D eigenvalue weighted by molar-refractivity contribution is 4.74. The van der Waals surface area contributed by atoms with E-state index in [0.29, 0.717) is 6.54 Å². The molecule has 3 atom stereocenters. The maximum absolute atomic E-state index is 9.07. The van der Waals surface area contributed by atoms with Crippen LogP contribution in [0.3, 0.4) is 0 Å². The van der Waals surface area contributed by atoms with Gasteiger partial charge in [0.15, 0.2) is 0 Å². The molecule has 1 aliphatic rings. The quantitative estimate of drug-likeness (QED) is 0.582. The Hall–Kier alpha value is -0.120. The molecule has 0 aliphatic heterocycles. The van der Waals surface area contributed by atoms with E-state index in [1.54, 1.807) is 0 Å². The maximum atomic E-state index is 9.07. The predicted octanol–water partition coefficient (Wildman–Crippen LogP) is 0.365. The summed E-state index contributed by atoms with van der Waals surface area (Å²) in [5.74, 6) is 1.65. The van der Waals surface area contributed by atoms with E-state index in [0.717, 1.165) is 18.4 Å². The number of nitrogens with one attached hydrogen (secondary N) is 1. The van der Waals surface area contributed by atoms with Crippen molar-refractivity contribution in [2.45, 2.75) is 32.3 Å². The Labute approximate surface area is 80.2 Å². The highest BCUT2D eigenvalue weighted by Crippen LogP contribution is 2.29. The molecule has 0 radical (unpaired) electrons. The number of aliphatic hydroxyl groups is 2. The highest BCUT2D eigenvalue weighted by atomic mass is 16.3. The molecular weight excluding hydrogens is 166 g/mol. The van der Waals surface area contributed by atoms with Crippen molar-refractivity contribution in [1.82, 2.24) is 5.32 Å². The topological polar surface area (TPSA) is 52.5 Å². The van der Waals surface area contributed by atoms with Crippen LogP contribution in [0, 0.1) is 11.8 Å². The molecule has 0 heterocycles. The Morgan fingerprint density at radius 1 is 1.46 bits per heavy atom. The lowest BCUT2D eigenvalue weighted by Crippen LogP contribution is -2.32. The van der Waals surface area contributed by atoms with E-state index in [1.165, 1.54) is 19.3 Å². The van der Waals surface area contributed by atoms with Gasteiger partial charge in [-0.15, -0.1) is 0 Å². The summed E-state index contributed by atoms with van der Waals surface area (Å²) in [4.78, 5) is 0. The minimum Gasteiger partial charge on any atom is -0.394 e. The molecule has 1 aliphatic carbocycles. The summed E-state index contributed by atoms with van der Waals surface area (Å²) in [5, 5.41) is 20.8. The minimum absolute atomic E-state index is 0.145. The van der Waals surface area contributed by atoms with E-state index in [1.807, 2.05) is 0 Å². The van der Waals surface area contributed by atoms with Crippen LogP contribution in [0.4, 0.5) is 0 Å². The summed E-state index contributed by atoms with van der Waals surface area (Å²) in [6.45, 7) is 3.65. The molecule has 0 aromatic rings. The first kappa shape index (κ1) is 11.0. The molecule has 3 nitrogen and oxygen atoms in total. The van der Waals surface area contributed by atoms with Gasteiger partial charge in [0.2, 0.25) is 0 Å². The van der Waals surface area contributed by atoms with Crippen LogP contribution in [0.25, 0.3) is 0 Å². The van der Waals surface area contributed by atoms with Crippen LogP contribution in [0.1, 0.15) is 26.2 Å². The van der Waals surface area contributed by atoms with E-state index in [9.17, 15) is 0 Å². The molecule has 78 valence electrons. The van der Waals surface area contributed by atoms with E-state index < -0.39 is 6.10 Å². The molecule has 3 unspecified atom stereocenters. The molecule has 1 rings (SSSR count). The number of hydrogen-bond donors (Lipinski definition) is 3. The number of rotatable bonds is 5. The monoisotopic (exact) mass is 187 g/mol. The first-order valence-corrected chi connectivity index (χ1v) is 5.22. The Morgan fingerprint density at radius 2 is 2.23 bits per heavy atom. The fraction of sp³-hybridized carbons (Fsp3) is 1.00. The molecule has 3 heteroatoms. The van der Waals surface area contributed by atoms with E-state index >= 15 is 0 Å². The molecule has 0 bridgehead atoms. The van der Waals surface area contributed by atoms with Gasteiger partial charge >= 0.3 is 0 Å². The normalized spacial score (nSPS) is 30.7. The van der Waals surface area contributed by atoms with Crippen molar-refractivity contribution in [3.05, 3.63) is 0 Å². The summed E-state index contributed by atoms with van der Waals surface area (Å²) < 4.78 is 0. The van der Waals surface area contributed by atoms with Crippen LogP contribution in [-0.2, 0) is 0 Å². The Kier molecular flexibility index (Phi) is 4.70. The second-order valence-electron chi connectivity index (χ2n) is 4.28. The fourth-order valence-corrected chi connectivity index (χ4v) is 2.03. The van der Waals surface area contributed by atoms with Gasteiger partial charge in [-0.3, -0.25) is 0 Å². The smallest absolute Gasteiger partial charge is 0.0894 e. The van der Waals surface area contributed by atoms with Gasteiger partial charge in [-0.05, 0) is 31.2 Å². The largest absolute Gasteiger partial charge is 0.394 e. The zero-order valence-electron chi connectivity index (χ0n) is 8.37. The average molecular weight is 187 g/mol. The number of aliphatic hydroxyl groups excluding tert-OH is 2. The Balaban J connectivity index is 2.00. The van der Waals surface area contributed by atoms with Gasteiger partial charge in [0.25, 0.3) is 0 Å². The third kappa shape index (κ3) is 4.07. The summed E-state index contributed by atoms with van der Waals surface area (Å²) in [5.41, 5.74) is 0. The summed E-state index contributed by atoms with van der Waals surface area (Å²) in [7, 11) is 0. The summed E-state index contributed by atoms with van der Waals surface area (Å²) >= 11 is 0. The average Bonchev–Trinajstić information content (AvgIpc) is 2.51. The molecule has 3 N–H and O–H groups in total. The van der Waals surface area contributed by atoms with Crippen LogP contribution in [0.2, 0.25) is 0 Å². The van der Waals surface area contributed by atoms with Crippen molar-refractivity contribution in [1.29, 1.82) is 0 Å². The minimum atomic E-state index is -0.598. The third-order valence-electron chi connectivity index (χ3n) is 2.83. The van der Waals surface area contributed by atoms with Crippen molar-refractivity contribution < 1.29 is 10.2 Å². The standard InChI is InChI=1S/C10H21NO2/c1-8-2-3-9(4-8)5-11-6-10(13)7-12/h8-13H,2-7H2,1H3. The second kappa shape index (κ2) is 5.58. The van der Waals surface area contributed by atoms with Crippen LogP contribution in [0.5, 0.6) is 0 Å². The second-order valence-corrected chi connectivity index (χ2v) is 4.28. The van der Waals surface area contributed by atoms with Crippen molar-refractivity contribution in [2.75, 3.05) is 19.7 Å². The zero-order valence-corrected chi connectivity index (χ0v) is 8.37. The first-order chi connectivity index (χ1) is 6.22. The molecule has 0 spiro atoms. The van der Waals surface area contributed by atoms with E-state index in [4.69, 9.17) is 10.2 Å². The van der Waals surface area contributed by atoms with Crippen molar-refractivity contribution in [2.24, 2.45) is 11.8 Å². The molecule has 0 aromatic heterocycles. The van der Waals surface area contributed by atoms with E-state index in [-0.39, 0.29) is 6.61 Å². The third-order valence-corrected chi connectivity index (χ3v) is 2.83. The highest BCUT2D eigenvalue weighted by Gasteiger charge is 2.20. The van der Waals surface area contributed by atoms with Gasteiger partial charge in [0.1, 0.15) is 0 Å². The lowest BCUT2D eigenvalue weighted by molar-refractivity contribution is 0.0936. The van der Waals surface area contributed by atoms with Crippen LogP contribution >= 0.6 is 0 Å². The van der Waals surface area contributed by atoms with E-state index in [2.05, 4.69) is 12.2 Å². The fourth-order valence-electron chi connectivity index (χ4n) is 2.03. The maximum Gasteiger partial charge on any atom is 0.0894 e. The van der Waals surface area contributed by atoms with Gasteiger partial charge < -0.3 is 15.5 Å². The Morgan fingerprint density at radius 3 is 2.77 bits per heavy atom. The summed E-state index contributed by atoms with van der Waals surface area (Å²) in [6.07, 6.45) is 3.36. The van der Waals surface area contributed by atoms with Crippen LogP contribution in [-0.4, -0.2) is 36.0 Å². The molecule has 1 fully saturated rings. The molecule has 0 aromatic carbocycles. The first-order valence-electron chi connectivity index (χ1n) is 5.22. The molecular formula is C10H21NO2. The number of hydrogen-bond acceptors (Lipinski definition) is 3. The predicted molar refractivity (Wildman–Crippen MR) is 52.5 cm³/mol. The zero-order chi connectivity index (χ0) is 9.68.